The quantitative estimate of drug-likeness (QED) is 0.939. The van der Waals surface area contributed by atoms with Crippen molar-refractivity contribution < 1.29 is 4.52 Å². The summed E-state index contributed by atoms with van der Waals surface area (Å²) in [6, 6.07) is 1.58. The van der Waals surface area contributed by atoms with Gasteiger partial charge >= 0.3 is 0 Å². The molecule has 2 aromatic rings. The first-order valence-corrected chi connectivity index (χ1v) is 6.04. The van der Waals surface area contributed by atoms with Crippen LogP contribution in [0.1, 0.15) is 19.7 Å². The maximum atomic E-state index is 6.01. The fraction of sp³-hybridized carbons (Fsp3) is 0.364. The van der Waals surface area contributed by atoms with Crippen LogP contribution in [0.25, 0.3) is 11.5 Å². The fourth-order valence-corrected chi connectivity index (χ4v) is 1.86. The predicted molar refractivity (Wildman–Crippen MR) is 69.5 cm³/mol. The molecule has 5 nitrogen and oxygen atoms in total. The Bertz CT molecular complexity index is 562. The lowest BCUT2D eigenvalue weighted by atomic mass is 10.0. The van der Waals surface area contributed by atoms with Crippen LogP contribution in [0.2, 0.25) is 10.0 Å². The Morgan fingerprint density at radius 1 is 1.39 bits per heavy atom. The molecule has 0 aliphatic heterocycles. The monoisotopic (exact) mass is 286 g/mol. The number of pyridine rings is 1. The van der Waals surface area contributed by atoms with Gasteiger partial charge in [0.25, 0.3) is 0 Å². The highest BCUT2D eigenvalue weighted by Gasteiger charge is 2.19. The van der Waals surface area contributed by atoms with Crippen molar-refractivity contribution in [3.8, 4) is 11.5 Å². The second-order valence-electron chi connectivity index (χ2n) is 4.66. The number of rotatable bonds is 3. The zero-order valence-electron chi connectivity index (χ0n) is 9.94. The zero-order chi connectivity index (χ0) is 13.3. The van der Waals surface area contributed by atoms with Gasteiger partial charge in [0.2, 0.25) is 11.7 Å². The van der Waals surface area contributed by atoms with Crippen molar-refractivity contribution in [2.24, 2.45) is 5.73 Å². The van der Waals surface area contributed by atoms with Gasteiger partial charge in [-0.2, -0.15) is 4.98 Å². The summed E-state index contributed by atoms with van der Waals surface area (Å²) >= 11 is 11.8. The Morgan fingerprint density at radius 2 is 2.11 bits per heavy atom. The standard InChI is InChI=1S/C11H12Cl2N4O/c1-11(2,14)4-8-16-10(17-18-8)9-7(13)3-6(12)5-15-9/h3,5H,4,14H2,1-2H3. The van der Waals surface area contributed by atoms with Crippen LogP contribution >= 0.6 is 23.2 Å². The molecule has 0 saturated carbocycles. The molecule has 96 valence electrons. The van der Waals surface area contributed by atoms with E-state index < -0.39 is 5.54 Å². The summed E-state index contributed by atoms with van der Waals surface area (Å²) in [6.07, 6.45) is 1.96. The van der Waals surface area contributed by atoms with Gasteiger partial charge in [-0.1, -0.05) is 28.4 Å². The number of aromatic nitrogens is 3. The highest BCUT2D eigenvalue weighted by molar-refractivity contribution is 6.35. The SMILES string of the molecule is CC(C)(N)Cc1nc(-c2ncc(Cl)cc2Cl)no1. The van der Waals surface area contributed by atoms with Crippen LogP contribution in [0.15, 0.2) is 16.8 Å². The first-order chi connectivity index (χ1) is 8.35. The molecular weight excluding hydrogens is 275 g/mol. The van der Waals surface area contributed by atoms with Crippen LogP contribution < -0.4 is 5.73 Å². The van der Waals surface area contributed by atoms with Crippen molar-refractivity contribution in [3.63, 3.8) is 0 Å². The van der Waals surface area contributed by atoms with Crippen LogP contribution in [0, 0.1) is 0 Å². The minimum absolute atomic E-state index is 0.330. The molecule has 0 unspecified atom stereocenters. The zero-order valence-corrected chi connectivity index (χ0v) is 11.5. The van der Waals surface area contributed by atoms with Crippen molar-refractivity contribution in [2.45, 2.75) is 25.8 Å². The minimum Gasteiger partial charge on any atom is -0.339 e. The van der Waals surface area contributed by atoms with Gasteiger partial charge in [0.15, 0.2) is 0 Å². The summed E-state index contributed by atoms with van der Waals surface area (Å²) in [5.74, 6) is 0.779. The van der Waals surface area contributed by atoms with E-state index in [2.05, 4.69) is 15.1 Å². The normalized spacial score (nSPS) is 11.8. The number of nitrogens with zero attached hydrogens (tertiary/aromatic N) is 3. The lowest BCUT2D eigenvalue weighted by Gasteiger charge is -2.14. The molecule has 18 heavy (non-hydrogen) atoms. The molecule has 0 aromatic carbocycles. The van der Waals surface area contributed by atoms with E-state index >= 15 is 0 Å². The Balaban J connectivity index is 2.29. The van der Waals surface area contributed by atoms with E-state index in [9.17, 15) is 0 Å². The number of nitrogens with two attached hydrogens (primary N) is 1. The number of hydrogen-bond donors (Lipinski definition) is 1. The largest absolute Gasteiger partial charge is 0.339 e. The summed E-state index contributed by atoms with van der Waals surface area (Å²) in [5, 5.41) is 4.66. The van der Waals surface area contributed by atoms with Crippen LogP contribution in [0.4, 0.5) is 0 Å². The molecule has 0 saturated heterocycles. The maximum absolute atomic E-state index is 6.01. The van der Waals surface area contributed by atoms with Crippen LogP contribution in [-0.4, -0.2) is 20.7 Å². The second kappa shape index (κ2) is 4.84. The molecule has 2 aromatic heterocycles. The van der Waals surface area contributed by atoms with Crippen LogP contribution in [-0.2, 0) is 6.42 Å². The summed E-state index contributed by atoms with van der Waals surface area (Å²) in [6.45, 7) is 3.76. The number of hydrogen-bond acceptors (Lipinski definition) is 5. The van der Waals surface area contributed by atoms with Gasteiger partial charge in [-0.05, 0) is 19.9 Å². The third-order valence-corrected chi connectivity index (χ3v) is 2.59. The Kier molecular flexibility index (Phi) is 3.56. The predicted octanol–water partition coefficient (Wildman–Crippen LogP) is 2.72. The van der Waals surface area contributed by atoms with Crippen molar-refractivity contribution in [2.75, 3.05) is 0 Å². The van der Waals surface area contributed by atoms with Gasteiger partial charge in [-0.3, -0.25) is 0 Å². The van der Waals surface area contributed by atoms with E-state index in [0.717, 1.165) is 0 Å². The molecule has 0 atom stereocenters. The smallest absolute Gasteiger partial charge is 0.228 e. The molecule has 2 rings (SSSR count). The van der Waals surface area contributed by atoms with Crippen molar-refractivity contribution >= 4 is 23.2 Å². The van der Waals surface area contributed by atoms with Gasteiger partial charge < -0.3 is 10.3 Å². The molecule has 7 heteroatoms. The Labute approximate surface area is 114 Å². The van der Waals surface area contributed by atoms with Crippen molar-refractivity contribution in [1.29, 1.82) is 0 Å². The molecule has 0 fully saturated rings. The fourth-order valence-electron chi connectivity index (χ4n) is 1.39. The van der Waals surface area contributed by atoms with Gasteiger partial charge in [0.05, 0.1) is 10.0 Å². The molecule has 2 N–H and O–H groups in total. The molecule has 0 spiro atoms. The summed E-state index contributed by atoms with van der Waals surface area (Å²) < 4.78 is 5.11. The average molecular weight is 287 g/mol. The van der Waals surface area contributed by atoms with Crippen molar-refractivity contribution in [1.82, 2.24) is 15.1 Å². The van der Waals surface area contributed by atoms with E-state index in [1.165, 1.54) is 6.20 Å². The summed E-state index contributed by atoms with van der Waals surface area (Å²) in [7, 11) is 0. The van der Waals surface area contributed by atoms with Gasteiger partial charge in [-0.25, -0.2) is 4.98 Å². The molecule has 0 aliphatic rings. The third-order valence-electron chi connectivity index (χ3n) is 2.09. The Hall–Kier alpha value is -1.17. The first-order valence-electron chi connectivity index (χ1n) is 5.28. The molecule has 0 radical (unpaired) electrons. The third kappa shape index (κ3) is 3.19. The summed E-state index contributed by atoms with van der Waals surface area (Å²) in [5.41, 5.74) is 5.90. The topological polar surface area (TPSA) is 77.8 Å². The van der Waals surface area contributed by atoms with E-state index in [4.69, 9.17) is 33.5 Å². The van der Waals surface area contributed by atoms with E-state index in [1.54, 1.807) is 6.07 Å². The molecule has 2 heterocycles. The lowest BCUT2D eigenvalue weighted by molar-refractivity contribution is 0.348. The van der Waals surface area contributed by atoms with E-state index in [0.29, 0.717) is 33.9 Å². The van der Waals surface area contributed by atoms with Gasteiger partial charge in [0.1, 0.15) is 5.69 Å². The molecule has 0 bridgehead atoms. The van der Waals surface area contributed by atoms with E-state index in [1.807, 2.05) is 13.8 Å². The molecular formula is C11H12Cl2N4O. The van der Waals surface area contributed by atoms with Crippen molar-refractivity contribution in [3.05, 3.63) is 28.2 Å². The highest BCUT2D eigenvalue weighted by atomic mass is 35.5. The lowest BCUT2D eigenvalue weighted by Crippen LogP contribution is -2.34. The molecule has 0 aliphatic carbocycles. The first kappa shape index (κ1) is 13.3. The van der Waals surface area contributed by atoms with Gasteiger partial charge in [0, 0.05) is 18.2 Å². The minimum atomic E-state index is -0.416. The van der Waals surface area contributed by atoms with Crippen LogP contribution in [0.3, 0.4) is 0 Å². The maximum Gasteiger partial charge on any atom is 0.228 e. The van der Waals surface area contributed by atoms with Crippen LogP contribution in [0.5, 0.6) is 0 Å². The molecule has 0 amide bonds. The van der Waals surface area contributed by atoms with E-state index in [-0.39, 0.29) is 0 Å². The van der Waals surface area contributed by atoms with Gasteiger partial charge in [-0.15, -0.1) is 0 Å². The Morgan fingerprint density at radius 3 is 2.72 bits per heavy atom. The second-order valence-corrected chi connectivity index (χ2v) is 5.50. The highest BCUT2D eigenvalue weighted by Crippen LogP contribution is 2.26. The summed E-state index contributed by atoms with van der Waals surface area (Å²) in [4.78, 5) is 8.29. The average Bonchev–Trinajstić information content (AvgIpc) is 2.63. The number of halogens is 2.